The van der Waals surface area contributed by atoms with Gasteiger partial charge in [-0.2, -0.15) is 31.4 Å². The number of ether oxygens (including phenoxy) is 1. The van der Waals surface area contributed by atoms with Crippen LogP contribution in [0.4, 0.5) is 26.3 Å². The summed E-state index contributed by atoms with van der Waals surface area (Å²) in [6, 6.07) is 3.96. The van der Waals surface area contributed by atoms with Crippen molar-refractivity contribution in [3.63, 3.8) is 0 Å². The van der Waals surface area contributed by atoms with Crippen LogP contribution in [-0.4, -0.2) is 19.7 Å². The lowest BCUT2D eigenvalue weighted by molar-refractivity contribution is -0.143. The van der Waals surface area contributed by atoms with E-state index in [-0.39, 0.29) is 15.8 Å². The first kappa shape index (κ1) is 21.0. The zero-order chi connectivity index (χ0) is 21.6. The molecule has 2 aromatic heterocycles. The summed E-state index contributed by atoms with van der Waals surface area (Å²) in [6.45, 7) is 0. The normalized spacial score (nSPS) is 12.3. The number of H-pyrrole nitrogens is 1. The molecule has 0 aliphatic rings. The van der Waals surface area contributed by atoms with Crippen LogP contribution in [-0.2, 0) is 12.4 Å². The Morgan fingerprint density at radius 1 is 1.00 bits per heavy atom. The molecular formula is C15H6Cl2F6N4O2. The Morgan fingerprint density at radius 2 is 1.69 bits per heavy atom. The average Bonchev–Trinajstić information content (AvgIpc) is 3.09. The van der Waals surface area contributed by atoms with Crippen LogP contribution in [0.15, 0.2) is 35.3 Å². The van der Waals surface area contributed by atoms with Crippen LogP contribution in [0.1, 0.15) is 11.4 Å². The minimum absolute atomic E-state index is 0.0463. The number of nitrogens with one attached hydrogen (secondary N) is 1. The summed E-state index contributed by atoms with van der Waals surface area (Å²) >= 11 is 11.5. The largest absolute Gasteiger partial charge is 0.449 e. The molecule has 3 aromatic rings. The Morgan fingerprint density at radius 3 is 2.24 bits per heavy atom. The van der Waals surface area contributed by atoms with E-state index in [2.05, 4.69) is 10.1 Å². The van der Waals surface area contributed by atoms with Gasteiger partial charge in [0.1, 0.15) is 5.75 Å². The van der Waals surface area contributed by atoms with E-state index in [1.165, 1.54) is 6.07 Å². The summed E-state index contributed by atoms with van der Waals surface area (Å²) in [6.07, 6.45) is -9.31. The van der Waals surface area contributed by atoms with Gasteiger partial charge in [-0.1, -0.05) is 23.2 Å². The molecule has 0 saturated carbocycles. The van der Waals surface area contributed by atoms with Crippen molar-refractivity contribution in [1.82, 2.24) is 19.7 Å². The maximum atomic E-state index is 13.4. The number of aromatic nitrogens is 4. The minimum Gasteiger partial charge on any atom is -0.449 e. The highest BCUT2D eigenvalue weighted by atomic mass is 35.5. The van der Waals surface area contributed by atoms with Gasteiger partial charge in [0, 0.05) is 12.3 Å². The van der Waals surface area contributed by atoms with Crippen LogP contribution in [0.3, 0.4) is 0 Å². The van der Waals surface area contributed by atoms with Gasteiger partial charge in [-0.15, -0.1) is 0 Å². The minimum atomic E-state index is -5.17. The number of rotatable bonds is 3. The van der Waals surface area contributed by atoms with Crippen LogP contribution in [0.25, 0.3) is 5.95 Å². The molecule has 0 aliphatic heterocycles. The van der Waals surface area contributed by atoms with Gasteiger partial charge in [-0.05, 0) is 18.2 Å². The molecule has 0 fully saturated rings. The summed E-state index contributed by atoms with van der Waals surface area (Å²) in [4.78, 5) is 17.3. The molecule has 0 saturated heterocycles. The van der Waals surface area contributed by atoms with Gasteiger partial charge < -0.3 is 4.74 Å². The lowest BCUT2D eigenvalue weighted by Gasteiger charge is -2.13. The second-order valence-electron chi connectivity index (χ2n) is 5.39. The van der Waals surface area contributed by atoms with Crippen molar-refractivity contribution in [1.29, 1.82) is 0 Å². The topological polar surface area (TPSA) is 72.8 Å². The first-order valence-electron chi connectivity index (χ1n) is 7.34. The Bertz CT molecular complexity index is 1120. The van der Waals surface area contributed by atoms with E-state index in [1.807, 2.05) is 4.98 Å². The number of halogens is 8. The van der Waals surface area contributed by atoms with E-state index in [4.69, 9.17) is 27.9 Å². The zero-order valence-corrected chi connectivity index (χ0v) is 15.1. The fourth-order valence-electron chi connectivity index (χ4n) is 2.10. The number of hydrogen-bond donors (Lipinski definition) is 1. The van der Waals surface area contributed by atoms with Crippen molar-refractivity contribution in [2.45, 2.75) is 12.4 Å². The van der Waals surface area contributed by atoms with Crippen LogP contribution in [0.2, 0.25) is 10.0 Å². The SMILES string of the molecule is O=c1[nH]c(-n2ccc(C(F)(F)F)n2)nc(C(F)(F)F)c1Oc1ccc(Cl)c(Cl)c1. The predicted molar refractivity (Wildman–Crippen MR) is 88.5 cm³/mol. The number of nitrogens with zero attached hydrogens (tertiary/aromatic N) is 3. The highest BCUT2D eigenvalue weighted by molar-refractivity contribution is 6.42. The van der Waals surface area contributed by atoms with Crippen molar-refractivity contribution in [3.8, 4) is 17.4 Å². The summed E-state index contributed by atoms with van der Waals surface area (Å²) < 4.78 is 83.5. The van der Waals surface area contributed by atoms with Crippen molar-refractivity contribution in [2.75, 3.05) is 0 Å². The Hall–Kier alpha value is -2.73. The van der Waals surface area contributed by atoms with Gasteiger partial charge in [0.25, 0.3) is 5.56 Å². The van der Waals surface area contributed by atoms with Gasteiger partial charge in [0.05, 0.1) is 10.0 Å². The van der Waals surface area contributed by atoms with E-state index >= 15 is 0 Å². The molecule has 0 atom stereocenters. The third-order valence-corrected chi connectivity index (χ3v) is 4.08. The van der Waals surface area contributed by atoms with Crippen LogP contribution in [0.5, 0.6) is 11.5 Å². The van der Waals surface area contributed by atoms with Crippen molar-refractivity contribution < 1.29 is 31.1 Å². The second-order valence-corrected chi connectivity index (χ2v) is 6.20. The summed E-state index contributed by atoms with van der Waals surface area (Å²) in [7, 11) is 0. The molecule has 14 heteroatoms. The van der Waals surface area contributed by atoms with Crippen LogP contribution >= 0.6 is 23.2 Å². The molecule has 2 heterocycles. The number of hydrogen-bond acceptors (Lipinski definition) is 4. The Balaban J connectivity index is 2.10. The van der Waals surface area contributed by atoms with Crippen LogP contribution < -0.4 is 10.3 Å². The summed E-state index contributed by atoms with van der Waals surface area (Å²) in [5.74, 6) is -2.37. The highest BCUT2D eigenvalue weighted by Gasteiger charge is 2.40. The molecule has 29 heavy (non-hydrogen) atoms. The Kier molecular flexibility index (Phi) is 5.26. The predicted octanol–water partition coefficient (Wildman–Crippen LogP) is 5.09. The summed E-state index contributed by atoms with van der Waals surface area (Å²) in [5, 5.41) is 3.12. The maximum Gasteiger partial charge on any atom is 0.437 e. The first-order chi connectivity index (χ1) is 13.4. The van der Waals surface area contributed by atoms with Crippen molar-refractivity contribution in [2.24, 2.45) is 0 Å². The third-order valence-electron chi connectivity index (χ3n) is 3.34. The van der Waals surface area contributed by atoms with Gasteiger partial charge in [0.15, 0.2) is 11.4 Å². The van der Waals surface area contributed by atoms with E-state index in [9.17, 15) is 31.1 Å². The number of aromatic amines is 1. The molecule has 1 aromatic carbocycles. The molecule has 0 unspecified atom stereocenters. The smallest absolute Gasteiger partial charge is 0.437 e. The standard InChI is InChI=1S/C15H6Cl2F6N4O2/c16-7-2-1-6(5-8(7)17)29-10-11(15(21,22)23)24-13(25-12(10)28)27-4-3-9(26-27)14(18,19)20/h1-5H,(H,24,25,28). The summed E-state index contributed by atoms with van der Waals surface area (Å²) in [5.41, 5.74) is -4.56. The lowest BCUT2D eigenvalue weighted by atomic mass is 10.3. The van der Waals surface area contributed by atoms with E-state index in [1.54, 1.807) is 0 Å². The first-order valence-corrected chi connectivity index (χ1v) is 8.09. The molecule has 0 radical (unpaired) electrons. The average molecular weight is 459 g/mol. The monoisotopic (exact) mass is 458 g/mol. The van der Waals surface area contributed by atoms with Crippen LogP contribution in [0, 0.1) is 0 Å². The number of alkyl halides is 6. The molecule has 0 aliphatic carbocycles. The van der Waals surface area contributed by atoms with Gasteiger partial charge in [0.2, 0.25) is 11.7 Å². The van der Waals surface area contributed by atoms with E-state index < -0.39 is 41.0 Å². The second kappa shape index (κ2) is 7.26. The molecular weight excluding hydrogens is 453 g/mol. The highest BCUT2D eigenvalue weighted by Crippen LogP contribution is 2.36. The Labute approximate surface area is 166 Å². The lowest BCUT2D eigenvalue weighted by Crippen LogP contribution is -2.23. The quantitative estimate of drug-likeness (QED) is 0.554. The molecule has 0 amide bonds. The molecule has 154 valence electrons. The van der Waals surface area contributed by atoms with Gasteiger partial charge in [-0.3, -0.25) is 9.78 Å². The molecule has 6 nitrogen and oxygen atoms in total. The maximum absolute atomic E-state index is 13.4. The molecule has 3 rings (SSSR count). The van der Waals surface area contributed by atoms with Crippen molar-refractivity contribution in [3.05, 3.63) is 62.2 Å². The fourth-order valence-corrected chi connectivity index (χ4v) is 2.39. The van der Waals surface area contributed by atoms with Gasteiger partial charge >= 0.3 is 12.4 Å². The molecule has 1 N–H and O–H groups in total. The van der Waals surface area contributed by atoms with Crippen molar-refractivity contribution >= 4 is 23.2 Å². The number of benzene rings is 1. The van der Waals surface area contributed by atoms with E-state index in [0.717, 1.165) is 12.1 Å². The fraction of sp³-hybridized carbons (Fsp3) is 0.133. The molecule has 0 spiro atoms. The van der Waals surface area contributed by atoms with E-state index in [0.29, 0.717) is 16.9 Å². The molecule has 0 bridgehead atoms. The third kappa shape index (κ3) is 4.48. The zero-order valence-electron chi connectivity index (χ0n) is 13.6. The van der Waals surface area contributed by atoms with Gasteiger partial charge in [-0.25, -0.2) is 9.67 Å².